The molecule has 0 saturated heterocycles. The first-order valence-corrected chi connectivity index (χ1v) is 7.11. The van der Waals surface area contributed by atoms with Gasteiger partial charge in [-0.25, -0.2) is 9.97 Å². The van der Waals surface area contributed by atoms with E-state index in [1.54, 1.807) is 6.07 Å². The van der Waals surface area contributed by atoms with Gasteiger partial charge in [-0.2, -0.15) is 13.2 Å². The van der Waals surface area contributed by atoms with Crippen molar-refractivity contribution in [1.82, 2.24) is 9.97 Å². The number of hydrogen-bond acceptors (Lipinski definition) is 4. The summed E-state index contributed by atoms with van der Waals surface area (Å²) >= 11 is 1.33. The number of thioether (sulfide) groups is 1. The molecular formula is C12H18F3N3S. The molecule has 0 spiro atoms. The zero-order chi connectivity index (χ0) is 14.5. The van der Waals surface area contributed by atoms with Gasteiger partial charge < -0.3 is 5.32 Å². The Hall–Kier alpha value is -0.980. The largest absolute Gasteiger partial charge is 0.451 e. The Morgan fingerprint density at radius 2 is 2.00 bits per heavy atom. The van der Waals surface area contributed by atoms with Gasteiger partial charge in [0.25, 0.3) is 0 Å². The molecule has 0 aliphatic rings. The molecule has 1 heterocycles. The number of hydrogen-bond donors (Lipinski definition) is 1. The zero-order valence-corrected chi connectivity index (χ0v) is 12.0. The molecule has 7 heteroatoms. The van der Waals surface area contributed by atoms with E-state index in [4.69, 9.17) is 0 Å². The lowest BCUT2D eigenvalue weighted by Gasteiger charge is -2.13. The average Bonchev–Trinajstić information content (AvgIpc) is 2.34. The Labute approximate surface area is 115 Å². The topological polar surface area (TPSA) is 37.8 Å². The molecule has 0 aliphatic carbocycles. The highest BCUT2D eigenvalue weighted by Gasteiger charge is 2.35. The summed E-state index contributed by atoms with van der Waals surface area (Å²) < 4.78 is 38.2. The smallest absolute Gasteiger partial charge is 0.370 e. The minimum absolute atomic E-state index is 0.218. The minimum Gasteiger partial charge on any atom is -0.370 e. The van der Waals surface area contributed by atoms with Gasteiger partial charge >= 0.3 is 6.18 Å². The van der Waals surface area contributed by atoms with Crippen LogP contribution in [0, 0.1) is 0 Å². The van der Waals surface area contributed by atoms with Gasteiger partial charge in [0.2, 0.25) is 5.82 Å². The highest BCUT2D eigenvalue weighted by atomic mass is 32.2. The Balaban J connectivity index is 3.02. The molecule has 19 heavy (non-hydrogen) atoms. The van der Waals surface area contributed by atoms with Crippen molar-refractivity contribution in [2.24, 2.45) is 0 Å². The predicted molar refractivity (Wildman–Crippen MR) is 71.4 cm³/mol. The molecule has 0 radical (unpaired) electrons. The molecule has 1 aromatic rings. The van der Waals surface area contributed by atoms with E-state index in [2.05, 4.69) is 15.3 Å². The second-order valence-corrected chi connectivity index (χ2v) is 5.63. The zero-order valence-electron chi connectivity index (χ0n) is 11.2. The van der Waals surface area contributed by atoms with E-state index in [0.29, 0.717) is 11.6 Å². The number of anilines is 1. The molecule has 0 bridgehead atoms. The van der Waals surface area contributed by atoms with Gasteiger partial charge in [-0.15, -0.1) is 11.8 Å². The van der Waals surface area contributed by atoms with E-state index in [1.807, 2.05) is 20.8 Å². The molecule has 108 valence electrons. The molecule has 1 rings (SSSR count). The molecular weight excluding hydrogens is 275 g/mol. The first-order valence-electron chi connectivity index (χ1n) is 6.23. The van der Waals surface area contributed by atoms with Gasteiger partial charge in [-0.05, 0) is 12.8 Å². The fourth-order valence-electron chi connectivity index (χ4n) is 1.25. The Morgan fingerprint density at radius 3 is 2.53 bits per heavy atom. The molecule has 1 unspecified atom stereocenters. The van der Waals surface area contributed by atoms with Crippen molar-refractivity contribution in [3.8, 4) is 0 Å². The quantitative estimate of drug-likeness (QED) is 0.630. The summed E-state index contributed by atoms with van der Waals surface area (Å²) in [6.45, 7) is 6.47. The Bertz CT molecular complexity index is 410. The van der Waals surface area contributed by atoms with Crippen molar-refractivity contribution in [3.63, 3.8) is 0 Å². The summed E-state index contributed by atoms with van der Waals surface area (Å²) in [7, 11) is 0. The standard InChI is InChI=1S/C12H18F3N3S/c1-4-6-16-9-7-10(19-8(3)5-2)18-11(17-9)12(13,14)15/h7-8H,4-6H2,1-3H3,(H,16,17,18). The van der Waals surface area contributed by atoms with Gasteiger partial charge in [0, 0.05) is 17.9 Å². The van der Waals surface area contributed by atoms with E-state index in [-0.39, 0.29) is 11.1 Å². The van der Waals surface area contributed by atoms with Crippen LogP contribution in [0.4, 0.5) is 19.0 Å². The average molecular weight is 293 g/mol. The number of alkyl halides is 3. The van der Waals surface area contributed by atoms with Crippen LogP contribution in [0.15, 0.2) is 11.1 Å². The highest BCUT2D eigenvalue weighted by molar-refractivity contribution is 7.99. The van der Waals surface area contributed by atoms with Crippen LogP contribution in [-0.4, -0.2) is 21.8 Å². The van der Waals surface area contributed by atoms with E-state index in [1.165, 1.54) is 11.8 Å². The van der Waals surface area contributed by atoms with Crippen molar-refractivity contribution in [3.05, 3.63) is 11.9 Å². The molecule has 3 nitrogen and oxygen atoms in total. The fourth-order valence-corrected chi connectivity index (χ4v) is 2.14. The van der Waals surface area contributed by atoms with Crippen LogP contribution in [0.5, 0.6) is 0 Å². The number of rotatable bonds is 6. The minimum atomic E-state index is -4.52. The third-order valence-electron chi connectivity index (χ3n) is 2.41. The SMILES string of the molecule is CCCNc1cc(SC(C)CC)nc(C(F)(F)F)n1. The summed E-state index contributed by atoms with van der Waals surface area (Å²) in [6.07, 6.45) is -2.83. The van der Waals surface area contributed by atoms with Crippen LogP contribution in [0.3, 0.4) is 0 Å². The van der Waals surface area contributed by atoms with Crippen LogP contribution in [0.1, 0.15) is 39.4 Å². The maximum absolute atomic E-state index is 12.7. The normalized spacial score (nSPS) is 13.4. The van der Waals surface area contributed by atoms with Gasteiger partial charge in [-0.1, -0.05) is 20.8 Å². The second-order valence-electron chi connectivity index (χ2n) is 4.18. The Morgan fingerprint density at radius 1 is 1.32 bits per heavy atom. The lowest BCUT2D eigenvalue weighted by Crippen LogP contribution is -2.14. The molecule has 1 atom stereocenters. The van der Waals surface area contributed by atoms with Crippen LogP contribution in [-0.2, 0) is 6.18 Å². The van der Waals surface area contributed by atoms with Crippen molar-refractivity contribution in [2.75, 3.05) is 11.9 Å². The summed E-state index contributed by atoms with van der Waals surface area (Å²) in [5.74, 6) is -0.852. The molecule has 0 aromatic carbocycles. The molecule has 0 amide bonds. The molecule has 0 aliphatic heterocycles. The first-order chi connectivity index (χ1) is 8.86. The summed E-state index contributed by atoms with van der Waals surface area (Å²) in [5.41, 5.74) is 0. The number of nitrogens with one attached hydrogen (secondary N) is 1. The summed E-state index contributed by atoms with van der Waals surface area (Å²) in [6, 6.07) is 1.57. The fraction of sp³-hybridized carbons (Fsp3) is 0.667. The van der Waals surface area contributed by atoms with Gasteiger partial charge in [-0.3, -0.25) is 0 Å². The third kappa shape index (κ3) is 5.26. The number of aromatic nitrogens is 2. The van der Waals surface area contributed by atoms with Gasteiger partial charge in [0.05, 0.1) is 0 Å². The van der Waals surface area contributed by atoms with Crippen molar-refractivity contribution >= 4 is 17.6 Å². The van der Waals surface area contributed by atoms with Crippen LogP contribution >= 0.6 is 11.8 Å². The summed E-state index contributed by atoms with van der Waals surface area (Å²) in [5, 5.41) is 3.45. The van der Waals surface area contributed by atoms with Crippen LogP contribution < -0.4 is 5.32 Å². The second kappa shape index (κ2) is 6.98. The van der Waals surface area contributed by atoms with E-state index in [9.17, 15) is 13.2 Å². The van der Waals surface area contributed by atoms with Crippen molar-refractivity contribution in [2.45, 2.75) is 50.1 Å². The molecule has 0 fully saturated rings. The van der Waals surface area contributed by atoms with Gasteiger partial charge in [0.1, 0.15) is 10.8 Å². The van der Waals surface area contributed by atoms with E-state index in [0.717, 1.165) is 12.8 Å². The molecule has 1 aromatic heterocycles. The maximum Gasteiger partial charge on any atom is 0.451 e. The maximum atomic E-state index is 12.7. The highest BCUT2D eigenvalue weighted by Crippen LogP contribution is 2.31. The first kappa shape index (κ1) is 16.1. The lowest BCUT2D eigenvalue weighted by molar-refractivity contribution is -0.145. The third-order valence-corrected chi connectivity index (χ3v) is 3.60. The predicted octanol–water partition coefficient (Wildman–Crippen LogP) is 4.21. The van der Waals surface area contributed by atoms with Crippen LogP contribution in [0.2, 0.25) is 0 Å². The number of halogens is 3. The Kier molecular flexibility index (Phi) is 5.90. The van der Waals surface area contributed by atoms with E-state index < -0.39 is 12.0 Å². The van der Waals surface area contributed by atoms with Crippen molar-refractivity contribution < 1.29 is 13.2 Å². The van der Waals surface area contributed by atoms with E-state index >= 15 is 0 Å². The number of nitrogens with zero attached hydrogens (tertiary/aromatic N) is 2. The lowest BCUT2D eigenvalue weighted by atomic mass is 10.4. The molecule has 1 N–H and O–H groups in total. The summed E-state index contributed by atoms with van der Waals surface area (Å²) in [4.78, 5) is 7.10. The van der Waals surface area contributed by atoms with Crippen LogP contribution in [0.25, 0.3) is 0 Å². The molecule has 0 saturated carbocycles. The monoisotopic (exact) mass is 293 g/mol. The van der Waals surface area contributed by atoms with Gasteiger partial charge in [0.15, 0.2) is 0 Å². The van der Waals surface area contributed by atoms with Crippen molar-refractivity contribution in [1.29, 1.82) is 0 Å².